The molecule has 28 heavy (non-hydrogen) atoms. The van der Waals surface area contributed by atoms with E-state index in [1.165, 1.54) is 17.1 Å². The number of nitrogens with one attached hydrogen (secondary N) is 1. The zero-order chi connectivity index (χ0) is 19.5. The predicted octanol–water partition coefficient (Wildman–Crippen LogP) is 2.05. The van der Waals surface area contributed by atoms with E-state index in [0.29, 0.717) is 22.6 Å². The number of rotatable bonds is 5. The SMILES string of the molecule is Cn1ccnc1[C@@H](NC(=O)c1cccc(-n2cnnn2)c1)c1ccccc1F. The number of nitrogens with zero attached hydrogens (tertiary/aromatic N) is 6. The van der Waals surface area contributed by atoms with Crippen molar-refractivity contribution in [1.29, 1.82) is 0 Å². The molecule has 0 aliphatic heterocycles. The van der Waals surface area contributed by atoms with E-state index < -0.39 is 11.9 Å². The number of amides is 1. The van der Waals surface area contributed by atoms with E-state index >= 15 is 0 Å². The molecule has 8 nitrogen and oxygen atoms in total. The lowest BCUT2D eigenvalue weighted by Gasteiger charge is -2.20. The summed E-state index contributed by atoms with van der Waals surface area (Å²) in [6.07, 6.45) is 4.79. The van der Waals surface area contributed by atoms with Gasteiger partial charge >= 0.3 is 0 Å². The van der Waals surface area contributed by atoms with Gasteiger partial charge in [0.1, 0.15) is 24.0 Å². The van der Waals surface area contributed by atoms with E-state index in [4.69, 9.17) is 0 Å². The fourth-order valence-corrected chi connectivity index (χ4v) is 2.93. The molecule has 1 N–H and O–H groups in total. The summed E-state index contributed by atoms with van der Waals surface area (Å²) < 4.78 is 17.6. The Morgan fingerprint density at radius 1 is 1.18 bits per heavy atom. The topological polar surface area (TPSA) is 90.5 Å². The monoisotopic (exact) mass is 377 g/mol. The highest BCUT2D eigenvalue weighted by Crippen LogP contribution is 2.23. The predicted molar refractivity (Wildman–Crippen MR) is 98.1 cm³/mol. The summed E-state index contributed by atoms with van der Waals surface area (Å²) in [4.78, 5) is 17.2. The maximum Gasteiger partial charge on any atom is 0.252 e. The number of imidazole rings is 1. The quantitative estimate of drug-likeness (QED) is 0.575. The summed E-state index contributed by atoms with van der Waals surface area (Å²) in [7, 11) is 1.79. The Morgan fingerprint density at radius 3 is 2.75 bits per heavy atom. The van der Waals surface area contributed by atoms with Gasteiger partial charge in [-0.05, 0) is 34.7 Å². The standard InChI is InChI=1S/C19H16FN7O/c1-26-10-9-21-18(26)17(15-7-2-3-8-16(15)20)23-19(28)13-5-4-6-14(11-13)27-12-22-24-25-27/h2-12,17H,1H3,(H,23,28)/t17-/m0/s1. The molecule has 1 amide bonds. The summed E-state index contributed by atoms with van der Waals surface area (Å²) in [6, 6.07) is 12.4. The molecule has 2 heterocycles. The molecular weight excluding hydrogens is 361 g/mol. The molecule has 4 rings (SSSR count). The van der Waals surface area contributed by atoms with Crippen molar-refractivity contribution < 1.29 is 9.18 Å². The molecular formula is C19H16FN7O. The van der Waals surface area contributed by atoms with Crippen molar-refractivity contribution in [2.24, 2.45) is 7.05 Å². The fraction of sp³-hybridized carbons (Fsp3) is 0.105. The van der Waals surface area contributed by atoms with Crippen LogP contribution in [-0.2, 0) is 7.05 Å². The minimum atomic E-state index is -0.745. The molecule has 4 aromatic rings. The Bertz CT molecular complexity index is 1110. The number of aromatic nitrogens is 6. The van der Waals surface area contributed by atoms with Crippen LogP contribution >= 0.6 is 0 Å². The molecule has 0 spiro atoms. The molecule has 0 fully saturated rings. The van der Waals surface area contributed by atoms with E-state index in [2.05, 4.69) is 25.8 Å². The first-order valence-electron chi connectivity index (χ1n) is 8.49. The minimum Gasteiger partial charge on any atom is -0.338 e. The fourth-order valence-electron chi connectivity index (χ4n) is 2.93. The van der Waals surface area contributed by atoms with E-state index in [0.717, 1.165) is 0 Å². The van der Waals surface area contributed by atoms with Crippen molar-refractivity contribution in [2.75, 3.05) is 0 Å². The number of aryl methyl sites for hydroxylation is 1. The Kier molecular flexibility index (Phi) is 4.63. The summed E-state index contributed by atoms with van der Waals surface area (Å²) in [5, 5.41) is 13.9. The zero-order valence-corrected chi connectivity index (χ0v) is 14.9. The summed E-state index contributed by atoms with van der Waals surface area (Å²) >= 11 is 0. The molecule has 9 heteroatoms. The second-order valence-electron chi connectivity index (χ2n) is 6.13. The average Bonchev–Trinajstić information content (AvgIpc) is 3.39. The van der Waals surface area contributed by atoms with Crippen LogP contribution in [-0.4, -0.2) is 35.7 Å². The highest BCUT2D eigenvalue weighted by Gasteiger charge is 2.24. The molecule has 0 aliphatic carbocycles. The number of carbonyl (C=O) groups is 1. The lowest BCUT2D eigenvalue weighted by atomic mass is 10.0. The third-order valence-electron chi connectivity index (χ3n) is 4.33. The van der Waals surface area contributed by atoms with Gasteiger partial charge in [0.05, 0.1) is 5.69 Å². The summed E-state index contributed by atoms with van der Waals surface area (Å²) in [6.45, 7) is 0. The van der Waals surface area contributed by atoms with Crippen molar-refractivity contribution in [2.45, 2.75) is 6.04 Å². The number of benzene rings is 2. The van der Waals surface area contributed by atoms with Crippen LogP contribution in [0.2, 0.25) is 0 Å². The van der Waals surface area contributed by atoms with E-state index in [1.807, 2.05) is 0 Å². The van der Waals surface area contributed by atoms with Gasteiger partial charge in [-0.2, -0.15) is 0 Å². The minimum absolute atomic E-state index is 0.335. The van der Waals surface area contributed by atoms with Gasteiger partial charge in [-0.15, -0.1) is 5.10 Å². The molecule has 2 aromatic carbocycles. The molecule has 2 aromatic heterocycles. The number of hydrogen-bond donors (Lipinski definition) is 1. The highest BCUT2D eigenvalue weighted by molar-refractivity contribution is 5.95. The molecule has 0 aliphatic rings. The van der Waals surface area contributed by atoms with Crippen molar-refractivity contribution in [3.63, 3.8) is 0 Å². The number of carbonyl (C=O) groups excluding carboxylic acids is 1. The Hall–Kier alpha value is -3.88. The maximum atomic E-state index is 14.5. The van der Waals surface area contributed by atoms with Gasteiger partial charge in [-0.1, -0.05) is 24.3 Å². The van der Waals surface area contributed by atoms with Gasteiger partial charge in [0.15, 0.2) is 0 Å². The van der Waals surface area contributed by atoms with Crippen LogP contribution in [0.5, 0.6) is 0 Å². The van der Waals surface area contributed by atoms with Crippen LogP contribution in [0.4, 0.5) is 4.39 Å². The number of hydrogen-bond acceptors (Lipinski definition) is 5. The summed E-state index contributed by atoms with van der Waals surface area (Å²) in [5.41, 5.74) is 1.36. The zero-order valence-electron chi connectivity index (χ0n) is 14.9. The van der Waals surface area contributed by atoms with Gasteiger partial charge in [0, 0.05) is 30.6 Å². The number of halogens is 1. The van der Waals surface area contributed by atoms with Crippen LogP contribution in [0.15, 0.2) is 67.3 Å². The van der Waals surface area contributed by atoms with Gasteiger partial charge in [-0.3, -0.25) is 4.79 Å². The normalized spacial score (nSPS) is 11.9. The molecule has 0 radical (unpaired) electrons. The van der Waals surface area contributed by atoms with Gasteiger partial charge in [0.2, 0.25) is 0 Å². The smallest absolute Gasteiger partial charge is 0.252 e. The van der Waals surface area contributed by atoms with Crippen molar-refractivity contribution >= 4 is 5.91 Å². The summed E-state index contributed by atoms with van der Waals surface area (Å²) in [5.74, 6) is -0.264. The first kappa shape index (κ1) is 17.5. The van der Waals surface area contributed by atoms with Gasteiger partial charge in [-0.25, -0.2) is 14.1 Å². The third kappa shape index (κ3) is 3.37. The molecule has 0 saturated carbocycles. The van der Waals surface area contributed by atoms with Crippen LogP contribution in [0.1, 0.15) is 27.8 Å². The van der Waals surface area contributed by atoms with Crippen molar-refractivity contribution in [3.05, 3.63) is 90.0 Å². The molecule has 140 valence electrons. The highest BCUT2D eigenvalue weighted by atomic mass is 19.1. The van der Waals surface area contributed by atoms with Crippen molar-refractivity contribution in [1.82, 2.24) is 35.1 Å². The first-order valence-corrected chi connectivity index (χ1v) is 8.49. The lowest BCUT2D eigenvalue weighted by molar-refractivity contribution is 0.0940. The van der Waals surface area contributed by atoms with Crippen LogP contribution in [0, 0.1) is 5.82 Å². The Morgan fingerprint density at radius 2 is 2.04 bits per heavy atom. The van der Waals surface area contributed by atoms with Crippen molar-refractivity contribution in [3.8, 4) is 5.69 Å². The third-order valence-corrected chi connectivity index (χ3v) is 4.33. The lowest BCUT2D eigenvalue weighted by Crippen LogP contribution is -2.31. The first-order chi connectivity index (χ1) is 13.6. The molecule has 0 bridgehead atoms. The Labute approximate surface area is 159 Å². The van der Waals surface area contributed by atoms with Gasteiger partial charge in [0.25, 0.3) is 5.91 Å². The van der Waals surface area contributed by atoms with Crippen LogP contribution < -0.4 is 5.32 Å². The average molecular weight is 377 g/mol. The van der Waals surface area contributed by atoms with Crippen LogP contribution in [0.3, 0.4) is 0 Å². The largest absolute Gasteiger partial charge is 0.338 e. The second-order valence-corrected chi connectivity index (χ2v) is 6.13. The number of tetrazole rings is 1. The van der Waals surface area contributed by atoms with Gasteiger partial charge < -0.3 is 9.88 Å². The maximum absolute atomic E-state index is 14.5. The van der Waals surface area contributed by atoms with E-state index in [-0.39, 0.29) is 5.91 Å². The van der Waals surface area contributed by atoms with E-state index in [9.17, 15) is 9.18 Å². The molecule has 0 saturated heterocycles. The van der Waals surface area contributed by atoms with Crippen LogP contribution in [0.25, 0.3) is 5.69 Å². The second kappa shape index (κ2) is 7.39. The Balaban J connectivity index is 1.68. The molecule has 0 unspecified atom stereocenters. The molecule has 1 atom stereocenters. The van der Waals surface area contributed by atoms with E-state index in [1.54, 1.807) is 66.5 Å².